The van der Waals surface area contributed by atoms with E-state index >= 15 is 0 Å². The molecule has 0 aromatic heterocycles. The van der Waals surface area contributed by atoms with Gasteiger partial charge < -0.3 is 9.84 Å². The van der Waals surface area contributed by atoms with Crippen molar-refractivity contribution in [3.63, 3.8) is 0 Å². The predicted octanol–water partition coefficient (Wildman–Crippen LogP) is 1.60. The predicted molar refractivity (Wildman–Crippen MR) is 81.2 cm³/mol. The van der Waals surface area contributed by atoms with Crippen LogP contribution in [0.15, 0.2) is 17.0 Å². The molecule has 2 rings (SSSR count). The summed E-state index contributed by atoms with van der Waals surface area (Å²) >= 11 is 0. The molecule has 1 aliphatic rings. The zero-order chi connectivity index (χ0) is 17.4. The summed E-state index contributed by atoms with van der Waals surface area (Å²) in [7, 11) is -2.64. The van der Waals surface area contributed by atoms with E-state index in [-0.39, 0.29) is 24.3 Å². The molecule has 23 heavy (non-hydrogen) atoms. The summed E-state index contributed by atoms with van der Waals surface area (Å²) < 4.78 is 46.4. The normalized spacial score (nSPS) is 24.3. The van der Waals surface area contributed by atoms with Crippen LogP contribution in [0.4, 0.5) is 4.39 Å². The summed E-state index contributed by atoms with van der Waals surface area (Å²) in [5.41, 5.74) is 0.0969. The van der Waals surface area contributed by atoms with Crippen molar-refractivity contribution in [3.8, 4) is 0 Å². The van der Waals surface area contributed by atoms with E-state index in [9.17, 15) is 17.6 Å². The number of carboxylic acid groups (broad SMARTS) is 1. The first kappa shape index (κ1) is 17.8. The Morgan fingerprint density at radius 3 is 2.52 bits per heavy atom. The zero-order valence-corrected chi connectivity index (χ0v) is 14.0. The number of benzene rings is 1. The number of sulfonamides is 1. The Labute approximate surface area is 134 Å². The van der Waals surface area contributed by atoms with E-state index in [1.54, 1.807) is 13.0 Å². The standard InChI is InChI=1S/C15H20FNO5S/c1-9-4-10(2)13(12(16)5-9)23(20,21)17-8-15(22-3)6-11(7-15)14(18)19/h4-5,11,17H,6-8H2,1-3H3,(H,18,19). The first-order valence-electron chi connectivity index (χ1n) is 7.14. The maximum Gasteiger partial charge on any atom is 0.306 e. The van der Waals surface area contributed by atoms with Crippen LogP contribution in [-0.2, 0) is 19.6 Å². The molecule has 1 aliphatic carbocycles. The number of ether oxygens (including phenoxy) is 1. The highest BCUT2D eigenvalue weighted by Crippen LogP contribution is 2.40. The summed E-state index contributed by atoms with van der Waals surface area (Å²) in [6.07, 6.45) is 0.438. The van der Waals surface area contributed by atoms with Crippen LogP contribution in [0.3, 0.4) is 0 Å². The molecule has 8 heteroatoms. The summed E-state index contributed by atoms with van der Waals surface area (Å²) in [6, 6.07) is 2.75. The van der Waals surface area contributed by atoms with Gasteiger partial charge in [-0.3, -0.25) is 4.79 Å². The second-order valence-electron chi connectivity index (χ2n) is 6.05. The van der Waals surface area contributed by atoms with Crippen molar-refractivity contribution in [2.75, 3.05) is 13.7 Å². The Kier molecular flexibility index (Phi) is 4.79. The van der Waals surface area contributed by atoms with Crippen molar-refractivity contribution in [2.45, 2.75) is 37.2 Å². The molecule has 0 unspecified atom stereocenters. The number of hydrogen-bond acceptors (Lipinski definition) is 4. The molecule has 6 nitrogen and oxygen atoms in total. The van der Waals surface area contributed by atoms with E-state index in [1.165, 1.54) is 14.0 Å². The maximum absolute atomic E-state index is 14.0. The van der Waals surface area contributed by atoms with Gasteiger partial charge in [0.25, 0.3) is 0 Å². The number of hydrogen-bond donors (Lipinski definition) is 2. The lowest BCUT2D eigenvalue weighted by Crippen LogP contribution is -2.55. The van der Waals surface area contributed by atoms with E-state index in [0.717, 1.165) is 6.07 Å². The summed E-state index contributed by atoms with van der Waals surface area (Å²) in [6.45, 7) is 3.11. The van der Waals surface area contributed by atoms with Crippen molar-refractivity contribution in [2.24, 2.45) is 5.92 Å². The summed E-state index contributed by atoms with van der Waals surface area (Å²) in [5, 5.41) is 8.92. The van der Waals surface area contributed by atoms with Gasteiger partial charge in [-0.2, -0.15) is 0 Å². The Morgan fingerprint density at radius 1 is 1.43 bits per heavy atom. The molecule has 0 bridgehead atoms. The van der Waals surface area contributed by atoms with Gasteiger partial charge in [-0.15, -0.1) is 0 Å². The first-order valence-corrected chi connectivity index (χ1v) is 8.63. The molecule has 1 aromatic carbocycles. The average molecular weight is 345 g/mol. The van der Waals surface area contributed by atoms with Crippen LogP contribution < -0.4 is 4.72 Å². The van der Waals surface area contributed by atoms with E-state index < -0.39 is 33.3 Å². The molecule has 0 amide bonds. The summed E-state index contributed by atoms with van der Waals surface area (Å²) in [4.78, 5) is 10.5. The minimum Gasteiger partial charge on any atom is -0.481 e. The van der Waals surface area contributed by atoms with Crippen LogP contribution in [0, 0.1) is 25.6 Å². The Morgan fingerprint density at radius 2 is 2.04 bits per heavy atom. The third-order valence-electron chi connectivity index (χ3n) is 4.25. The van der Waals surface area contributed by atoms with Crippen molar-refractivity contribution in [1.82, 2.24) is 4.72 Å². The molecule has 1 aromatic rings. The van der Waals surface area contributed by atoms with Crippen LogP contribution in [0.25, 0.3) is 0 Å². The van der Waals surface area contributed by atoms with Gasteiger partial charge in [0, 0.05) is 13.7 Å². The molecule has 2 N–H and O–H groups in total. The van der Waals surface area contributed by atoms with Crippen molar-refractivity contribution < 1.29 is 27.4 Å². The minimum absolute atomic E-state index is 0.0949. The van der Waals surface area contributed by atoms with E-state index in [1.807, 2.05) is 0 Å². The highest BCUT2D eigenvalue weighted by molar-refractivity contribution is 7.89. The highest BCUT2D eigenvalue weighted by Gasteiger charge is 2.48. The molecule has 1 fully saturated rings. The van der Waals surface area contributed by atoms with Gasteiger partial charge in [0.1, 0.15) is 10.7 Å². The number of rotatable bonds is 6. The largest absolute Gasteiger partial charge is 0.481 e. The van der Waals surface area contributed by atoms with Gasteiger partial charge in [-0.1, -0.05) is 6.07 Å². The first-order chi connectivity index (χ1) is 10.6. The third kappa shape index (κ3) is 3.54. The Balaban J connectivity index is 2.15. The second kappa shape index (κ2) is 6.18. The number of carbonyl (C=O) groups is 1. The second-order valence-corrected chi connectivity index (χ2v) is 7.75. The molecule has 0 spiro atoms. The molecule has 128 valence electrons. The van der Waals surface area contributed by atoms with Crippen molar-refractivity contribution >= 4 is 16.0 Å². The fourth-order valence-electron chi connectivity index (χ4n) is 2.94. The van der Waals surface area contributed by atoms with Gasteiger partial charge in [-0.05, 0) is 43.9 Å². The number of aliphatic carboxylic acids is 1. The zero-order valence-electron chi connectivity index (χ0n) is 13.2. The third-order valence-corrected chi connectivity index (χ3v) is 5.82. The topological polar surface area (TPSA) is 92.7 Å². The van der Waals surface area contributed by atoms with Crippen LogP contribution in [0.1, 0.15) is 24.0 Å². The van der Waals surface area contributed by atoms with Gasteiger partial charge >= 0.3 is 5.97 Å². The number of aryl methyl sites for hydroxylation is 2. The lowest BCUT2D eigenvalue weighted by atomic mass is 9.71. The smallest absolute Gasteiger partial charge is 0.306 e. The van der Waals surface area contributed by atoms with Gasteiger partial charge in [0.2, 0.25) is 10.0 Å². The molecular formula is C15H20FNO5S. The van der Waals surface area contributed by atoms with Gasteiger partial charge in [-0.25, -0.2) is 17.5 Å². The van der Waals surface area contributed by atoms with Crippen LogP contribution >= 0.6 is 0 Å². The molecular weight excluding hydrogens is 325 g/mol. The van der Waals surface area contributed by atoms with Crippen molar-refractivity contribution in [1.29, 1.82) is 0 Å². The Bertz CT molecular complexity index is 702. The fourth-order valence-corrected chi connectivity index (χ4v) is 4.33. The quantitative estimate of drug-likeness (QED) is 0.817. The van der Waals surface area contributed by atoms with Crippen LogP contribution in [0.2, 0.25) is 0 Å². The summed E-state index contributed by atoms with van der Waals surface area (Å²) in [5.74, 6) is -2.28. The van der Waals surface area contributed by atoms with Gasteiger partial charge in [0.15, 0.2) is 0 Å². The van der Waals surface area contributed by atoms with Crippen LogP contribution in [0.5, 0.6) is 0 Å². The highest BCUT2D eigenvalue weighted by atomic mass is 32.2. The van der Waals surface area contributed by atoms with E-state index in [4.69, 9.17) is 9.84 Å². The molecule has 1 saturated carbocycles. The van der Waals surface area contributed by atoms with Gasteiger partial charge in [0.05, 0.1) is 11.5 Å². The molecule has 0 radical (unpaired) electrons. The van der Waals surface area contributed by atoms with Crippen LogP contribution in [-0.4, -0.2) is 38.7 Å². The van der Waals surface area contributed by atoms with E-state index in [2.05, 4.69) is 4.72 Å². The molecule has 0 aliphatic heterocycles. The molecule has 0 saturated heterocycles. The average Bonchev–Trinajstić information content (AvgIpc) is 2.35. The minimum atomic E-state index is -4.05. The lowest BCUT2D eigenvalue weighted by molar-refractivity contribution is -0.161. The Hall–Kier alpha value is -1.51. The van der Waals surface area contributed by atoms with E-state index in [0.29, 0.717) is 11.1 Å². The monoisotopic (exact) mass is 345 g/mol. The molecule has 0 heterocycles. The number of halogens is 1. The van der Waals surface area contributed by atoms with Crippen molar-refractivity contribution in [3.05, 3.63) is 29.1 Å². The SMILES string of the molecule is COC1(CNS(=O)(=O)c2c(C)cc(C)cc2F)CC(C(=O)O)C1. The number of carboxylic acids is 1. The number of methoxy groups -OCH3 is 1. The fraction of sp³-hybridized carbons (Fsp3) is 0.533. The number of nitrogens with one attached hydrogen (secondary N) is 1. The maximum atomic E-state index is 14.0. The lowest BCUT2D eigenvalue weighted by Gasteiger charge is -2.44. The molecule has 0 atom stereocenters.